The zero-order chi connectivity index (χ0) is 19.9. The highest BCUT2D eigenvalue weighted by Crippen LogP contribution is 2.50. The number of ketones is 1. The fraction of sp³-hybridized carbons (Fsp3) is 0.579. The summed E-state index contributed by atoms with van der Waals surface area (Å²) in [5.41, 5.74) is 6.45. The minimum Gasteiger partial charge on any atom is -0.398 e. The molecule has 1 aliphatic heterocycles. The second kappa shape index (κ2) is 6.70. The highest BCUT2D eigenvalue weighted by molar-refractivity contribution is 6.84. The van der Waals surface area contributed by atoms with Gasteiger partial charge in [0.1, 0.15) is 5.82 Å². The monoisotopic (exact) mass is 359 g/mol. The number of hydrogen-bond donors (Lipinski definition) is 3. The van der Waals surface area contributed by atoms with Crippen molar-refractivity contribution in [3.8, 4) is 0 Å². The largest absolute Gasteiger partial charge is 0.513 e. The Morgan fingerprint density at radius 1 is 1.15 bits per heavy atom. The van der Waals surface area contributed by atoms with Crippen LogP contribution < -0.4 is 11.1 Å². The van der Waals surface area contributed by atoms with E-state index < -0.39 is 18.3 Å². The molecular weight excluding hydrogens is 329 g/mol. The van der Waals surface area contributed by atoms with E-state index in [0.29, 0.717) is 11.4 Å². The lowest BCUT2D eigenvalue weighted by Crippen LogP contribution is -2.41. The normalized spacial score (nSPS) is 23.5. The van der Waals surface area contributed by atoms with Crippen molar-refractivity contribution in [1.29, 1.82) is 5.41 Å². The van der Waals surface area contributed by atoms with Crippen LogP contribution in [0.5, 0.6) is 0 Å². The third kappa shape index (κ3) is 4.27. The highest BCUT2D eigenvalue weighted by Gasteiger charge is 2.52. The third-order valence-corrected chi connectivity index (χ3v) is 5.52. The van der Waals surface area contributed by atoms with E-state index in [4.69, 9.17) is 20.5 Å². The molecule has 4 N–H and O–H groups in total. The van der Waals surface area contributed by atoms with Gasteiger partial charge in [-0.3, -0.25) is 4.79 Å². The van der Waals surface area contributed by atoms with Crippen LogP contribution in [0.2, 0.25) is 0 Å². The zero-order valence-corrected chi connectivity index (χ0v) is 16.7. The topological polar surface area (TPSA) is 97.4 Å². The maximum atomic E-state index is 11.5. The molecule has 0 spiro atoms. The van der Waals surface area contributed by atoms with Crippen LogP contribution in [-0.4, -0.2) is 29.7 Å². The molecule has 6 nitrogen and oxygen atoms in total. The number of Topliss-reactive ketones (excluding diaryl/α,β-unsaturated/α-hetero) is 1. The van der Waals surface area contributed by atoms with E-state index >= 15 is 0 Å². The molecular formula is C19H30BN3O3. The molecule has 2 rings (SSSR count). The molecule has 2 fully saturated rings. The van der Waals surface area contributed by atoms with Gasteiger partial charge in [-0.1, -0.05) is 13.5 Å². The summed E-state index contributed by atoms with van der Waals surface area (Å²) >= 11 is 0. The molecule has 7 heteroatoms. The van der Waals surface area contributed by atoms with Crippen LogP contribution in [0.25, 0.3) is 0 Å². The summed E-state index contributed by atoms with van der Waals surface area (Å²) in [5, 5.41) is 11.4. The maximum Gasteiger partial charge on any atom is 0.513 e. The standard InChI is InChI=1S/C19H30BN3O3/c1-12(13(2)24)10-14(19(7)8-9-19)23-16(22)11-15(21)20-25-17(3,4)18(5,6)26-20/h10-11,21,23H,1,8-9,22H2,2-7H3/b14-10-,16-11-,21-15?. The van der Waals surface area contributed by atoms with Crippen molar-refractivity contribution in [2.45, 2.75) is 65.6 Å². The average Bonchev–Trinajstić information content (AvgIpc) is 3.18. The van der Waals surface area contributed by atoms with Gasteiger partial charge in [0.2, 0.25) is 0 Å². The van der Waals surface area contributed by atoms with Crippen molar-refractivity contribution >= 4 is 18.5 Å². The fourth-order valence-electron chi connectivity index (χ4n) is 2.49. The van der Waals surface area contributed by atoms with Crippen LogP contribution in [0.15, 0.2) is 35.8 Å². The van der Waals surface area contributed by atoms with Crippen molar-refractivity contribution in [3.63, 3.8) is 0 Å². The van der Waals surface area contributed by atoms with E-state index in [1.165, 1.54) is 13.0 Å². The lowest BCUT2D eigenvalue weighted by Gasteiger charge is -2.32. The molecule has 1 heterocycles. The van der Waals surface area contributed by atoms with Gasteiger partial charge < -0.3 is 25.8 Å². The molecule has 1 saturated carbocycles. The van der Waals surface area contributed by atoms with Crippen molar-refractivity contribution in [2.24, 2.45) is 11.1 Å². The Morgan fingerprint density at radius 2 is 1.65 bits per heavy atom. The van der Waals surface area contributed by atoms with Gasteiger partial charge in [-0.2, -0.15) is 0 Å². The van der Waals surface area contributed by atoms with Gasteiger partial charge in [-0.25, -0.2) is 0 Å². The molecule has 1 aliphatic carbocycles. The molecule has 0 amide bonds. The molecule has 2 aliphatic rings. The number of nitrogens with two attached hydrogens (primary N) is 1. The summed E-state index contributed by atoms with van der Waals surface area (Å²) < 4.78 is 11.7. The lowest BCUT2D eigenvalue weighted by atomic mass is 9.82. The van der Waals surface area contributed by atoms with Crippen LogP contribution in [0.4, 0.5) is 0 Å². The van der Waals surface area contributed by atoms with Crippen molar-refractivity contribution < 1.29 is 14.1 Å². The number of hydrogen-bond acceptors (Lipinski definition) is 6. The molecule has 0 bridgehead atoms. The molecule has 1 saturated heterocycles. The Labute approximate surface area is 156 Å². The number of allylic oxidation sites excluding steroid dienone is 4. The first-order chi connectivity index (χ1) is 11.8. The van der Waals surface area contributed by atoms with Gasteiger partial charge >= 0.3 is 7.12 Å². The Kier molecular flexibility index (Phi) is 5.28. The van der Waals surface area contributed by atoms with Crippen LogP contribution in [0, 0.1) is 10.8 Å². The first-order valence-electron chi connectivity index (χ1n) is 8.88. The Morgan fingerprint density at radius 3 is 2.08 bits per heavy atom. The van der Waals surface area contributed by atoms with Gasteiger partial charge in [0.15, 0.2) is 5.78 Å². The minimum absolute atomic E-state index is 0.0383. The Bertz CT molecular complexity index is 687. The molecule has 0 aromatic heterocycles. The van der Waals surface area contributed by atoms with Crippen molar-refractivity contribution in [1.82, 2.24) is 5.32 Å². The van der Waals surface area contributed by atoms with E-state index in [1.807, 2.05) is 27.7 Å². The van der Waals surface area contributed by atoms with Crippen molar-refractivity contribution in [2.75, 3.05) is 0 Å². The summed E-state index contributed by atoms with van der Waals surface area (Å²) in [4.78, 5) is 11.5. The maximum absolute atomic E-state index is 11.5. The van der Waals surface area contributed by atoms with E-state index in [9.17, 15) is 4.79 Å². The number of rotatable bonds is 7. The summed E-state index contributed by atoms with van der Waals surface area (Å²) in [6.45, 7) is 15.1. The molecule has 0 unspecified atom stereocenters. The highest BCUT2D eigenvalue weighted by atomic mass is 16.7. The van der Waals surface area contributed by atoms with E-state index in [0.717, 1.165) is 18.5 Å². The van der Waals surface area contributed by atoms with Crippen LogP contribution in [0.3, 0.4) is 0 Å². The van der Waals surface area contributed by atoms with Gasteiger partial charge in [-0.15, -0.1) is 0 Å². The molecule has 0 aromatic rings. The quantitative estimate of drug-likeness (QED) is 0.281. The summed E-state index contributed by atoms with van der Waals surface area (Å²) in [5.74, 6) is 0.224. The minimum atomic E-state index is -0.767. The number of nitrogens with one attached hydrogen (secondary N) is 2. The average molecular weight is 359 g/mol. The lowest BCUT2D eigenvalue weighted by molar-refractivity contribution is -0.113. The third-order valence-electron chi connectivity index (χ3n) is 5.52. The number of carbonyl (C=O) groups excluding carboxylic acids is 1. The van der Waals surface area contributed by atoms with Crippen molar-refractivity contribution in [3.05, 3.63) is 35.8 Å². The molecule has 0 radical (unpaired) electrons. The molecule has 0 aromatic carbocycles. The predicted octanol–water partition coefficient (Wildman–Crippen LogP) is 2.86. The summed E-state index contributed by atoms with van der Waals surface area (Å²) in [6.07, 6.45) is 5.27. The van der Waals surface area contributed by atoms with E-state index in [-0.39, 0.29) is 16.8 Å². The second-order valence-electron chi connectivity index (χ2n) is 8.47. The number of carbonyl (C=O) groups is 1. The summed E-state index contributed by atoms with van der Waals surface area (Å²) in [7, 11) is -0.767. The Balaban J connectivity index is 2.12. The van der Waals surface area contributed by atoms with Gasteiger partial charge in [0.25, 0.3) is 0 Å². The molecule has 26 heavy (non-hydrogen) atoms. The van der Waals surface area contributed by atoms with Gasteiger partial charge in [-0.05, 0) is 59.6 Å². The fourth-order valence-corrected chi connectivity index (χ4v) is 2.49. The van der Waals surface area contributed by atoms with Crippen LogP contribution >= 0.6 is 0 Å². The summed E-state index contributed by atoms with van der Waals surface area (Å²) in [6, 6.07) is 0. The van der Waals surface area contributed by atoms with Crippen LogP contribution in [0.1, 0.15) is 54.4 Å². The SMILES string of the molecule is C=C(/C=C(\N/C(N)=C\C(=N)B1OC(C)(C)C(C)(C)O1)C1(C)CC1)C(C)=O. The van der Waals surface area contributed by atoms with Gasteiger partial charge in [0.05, 0.1) is 16.8 Å². The van der Waals surface area contributed by atoms with Crippen LogP contribution in [-0.2, 0) is 14.1 Å². The second-order valence-corrected chi connectivity index (χ2v) is 8.47. The first-order valence-corrected chi connectivity index (χ1v) is 8.88. The zero-order valence-electron chi connectivity index (χ0n) is 16.7. The van der Waals surface area contributed by atoms with E-state index in [1.54, 1.807) is 6.08 Å². The Hall–Kier alpha value is -1.86. The molecule has 142 valence electrons. The van der Waals surface area contributed by atoms with E-state index in [2.05, 4.69) is 18.8 Å². The first kappa shape index (κ1) is 20.5. The van der Waals surface area contributed by atoms with Gasteiger partial charge in [0, 0.05) is 16.7 Å². The molecule has 0 atom stereocenters. The predicted molar refractivity (Wildman–Crippen MR) is 104 cm³/mol. The smallest absolute Gasteiger partial charge is 0.398 e.